The van der Waals surface area contributed by atoms with Gasteiger partial charge in [-0.2, -0.15) is 0 Å². The Morgan fingerprint density at radius 2 is 1.96 bits per heavy atom. The van der Waals surface area contributed by atoms with Crippen LogP contribution in [0.1, 0.15) is 12.8 Å². The molecule has 8 heteroatoms. The number of carboxylic acids is 1. The molecule has 0 spiro atoms. The van der Waals surface area contributed by atoms with Crippen LogP contribution < -0.4 is 10.2 Å². The van der Waals surface area contributed by atoms with Gasteiger partial charge in [-0.15, -0.1) is 0 Å². The van der Waals surface area contributed by atoms with Gasteiger partial charge in [0.15, 0.2) is 0 Å². The molecule has 1 aromatic rings. The zero-order valence-electron chi connectivity index (χ0n) is 15.0. The van der Waals surface area contributed by atoms with Gasteiger partial charge in [-0.05, 0) is 54.7 Å². The minimum atomic E-state index is -1.13. The van der Waals surface area contributed by atoms with Crippen LogP contribution in [0.5, 0.6) is 5.75 Å². The van der Waals surface area contributed by atoms with Crippen molar-refractivity contribution in [2.45, 2.75) is 24.9 Å². The third-order valence-corrected chi connectivity index (χ3v) is 6.09. The molecular weight excluding hydrogens is 362 g/mol. The fourth-order valence-electron chi connectivity index (χ4n) is 4.79. The maximum Gasteiger partial charge on any atom is 0.352 e. The predicted molar refractivity (Wildman–Crippen MR) is 98.4 cm³/mol. The molecule has 4 aliphatic heterocycles. The number of aromatic hydroxyl groups is 1. The molecule has 3 atom stereocenters. The molecule has 0 aliphatic carbocycles. The smallest absolute Gasteiger partial charge is 0.352 e. The summed E-state index contributed by atoms with van der Waals surface area (Å²) in [5.74, 6) is -1.22. The summed E-state index contributed by atoms with van der Waals surface area (Å²) >= 11 is 0. The number of phenols is 1. The van der Waals surface area contributed by atoms with Crippen molar-refractivity contribution in [3.8, 4) is 5.75 Å². The lowest BCUT2D eigenvalue weighted by Crippen LogP contribution is -2.68. The van der Waals surface area contributed by atoms with Crippen molar-refractivity contribution in [3.63, 3.8) is 0 Å². The van der Waals surface area contributed by atoms with Gasteiger partial charge in [0.05, 0.1) is 6.04 Å². The first-order valence-corrected chi connectivity index (χ1v) is 9.30. The molecule has 3 saturated heterocycles. The van der Waals surface area contributed by atoms with Crippen LogP contribution in [-0.2, 0) is 14.4 Å². The Balaban J connectivity index is 1.48. The number of benzene rings is 1. The van der Waals surface area contributed by atoms with Crippen molar-refractivity contribution in [2.24, 2.45) is 5.92 Å². The average Bonchev–Trinajstić information content (AvgIpc) is 3.23. The first kappa shape index (κ1) is 17.0. The Morgan fingerprint density at radius 1 is 1.21 bits per heavy atom. The minimum absolute atomic E-state index is 0.00887. The number of anilines is 1. The van der Waals surface area contributed by atoms with E-state index in [0.717, 1.165) is 0 Å². The molecule has 3 fully saturated rings. The highest BCUT2D eigenvalue weighted by molar-refractivity contribution is 6.09. The Morgan fingerprint density at radius 3 is 2.68 bits per heavy atom. The van der Waals surface area contributed by atoms with Crippen molar-refractivity contribution in [1.29, 1.82) is 0 Å². The summed E-state index contributed by atoms with van der Waals surface area (Å²) in [6, 6.07) is 6.03. The number of carbonyl (C=O) groups is 3. The van der Waals surface area contributed by atoms with Crippen LogP contribution in [0.15, 0.2) is 47.2 Å². The monoisotopic (exact) mass is 381 g/mol. The van der Waals surface area contributed by atoms with Crippen LogP contribution in [0.2, 0.25) is 0 Å². The van der Waals surface area contributed by atoms with E-state index in [2.05, 4.69) is 5.32 Å². The number of aliphatic carboxylic acids is 1. The molecule has 4 heterocycles. The number of nitrogens with one attached hydrogen (secondary N) is 1. The van der Waals surface area contributed by atoms with E-state index in [9.17, 15) is 24.6 Å². The second kappa shape index (κ2) is 5.93. The SMILES string of the molecule is O=C(O)C1=C(C=C2CCN(c3ccc(O)cc3)C2=O)CC2CNC3C(=O)N1[C@H]23. The first-order valence-electron chi connectivity index (χ1n) is 9.30. The third kappa shape index (κ3) is 2.31. The zero-order chi connectivity index (χ0) is 19.6. The van der Waals surface area contributed by atoms with E-state index in [0.29, 0.717) is 42.8 Å². The van der Waals surface area contributed by atoms with Crippen LogP contribution in [0, 0.1) is 5.92 Å². The summed E-state index contributed by atoms with van der Waals surface area (Å²) in [5, 5.41) is 22.3. The topological polar surface area (TPSA) is 110 Å². The fourth-order valence-corrected chi connectivity index (χ4v) is 4.79. The lowest BCUT2D eigenvalue weighted by molar-refractivity contribution is -0.153. The zero-order valence-corrected chi connectivity index (χ0v) is 15.0. The summed E-state index contributed by atoms with van der Waals surface area (Å²) < 4.78 is 0. The molecule has 1 aromatic carbocycles. The van der Waals surface area contributed by atoms with E-state index >= 15 is 0 Å². The van der Waals surface area contributed by atoms with E-state index < -0.39 is 5.97 Å². The number of hydrogen-bond acceptors (Lipinski definition) is 5. The molecule has 2 amide bonds. The minimum Gasteiger partial charge on any atom is -0.508 e. The summed E-state index contributed by atoms with van der Waals surface area (Å²) in [5.41, 5.74) is 1.77. The van der Waals surface area contributed by atoms with Crippen LogP contribution in [0.4, 0.5) is 5.69 Å². The second-order valence-electron chi connectivity index (χ2n) is 7.62. The lowest BCUT2D eigenvalue weighted by atomic mass is 9.79. The van der Waals surface area contributed by atoms with E-state index in [4.69, 9.17) is 0 Å². The summed E-state index contributed by atoms with van der Waals surface area (Å²) in [6.07, 6.45) is 2.70. The first-order chi connectivity index (χ1) is 13.5. The highest BCUT2D eigenvalue weighted by atomic mass is 16.4. The maximum absolute atomic E-state index is 12.9. The van der Waals surface area contributed by atoms with Gasteiger partial charge >= 0.3 is 5.97 Å². The van der Waals surface area contributed by atoms with Gasteiger partial charge in [0.1, 0.15) is 17.5 Å². The molecule has 0 bridgehead atoms. The fraction of sp³-hybridized carbons (Fsp3) is 0.350. The average molecular weight is 381 g/mol. The summed E-state index contributed by atoms with van der Waals surface area (Å²) in [7, 11) is 0. The third-order valence-electron chi connectivity index (χ3n) is 6.09. The van der Waals surface area contributed by atoms with Gasteiger partial charge in [-0.25, -0.2) is 4.79 Å². The maximum atomic E-state index is 12.9. The van der Waals surface area contributed by atoms with Crippen LogP contribution in [0.3, 0.4) is 0 Å². The number of rotatable bonds is 3. The molecule has 4 aliphatic rings. The van der Waals surface area contributed by atoms with Gasteiger partial charge in [-0.1, -0.05) is 0 Å². The molecule has 0 aromatic heterocycles. The Hall–Kier alpha value is -3.13. The lowest BCUT2D eigenvalue weighted by Gasteiger charge is -2.48. The highest BCUT2D eigenvalue weighted by Gasteiger charge is 2.59. The number of nitrogens with zero attached hydrogens (tertiary/aromatic N) is 2. The van der Waals surface area contributed by atoms with Crippen LogP contribution in [0.25, 0.3) is 0 Å². The van der Waals surface area contributed by atoms with Crippen molar-refractivity contribution < 1.29 is 24.6 Å². The molecule has 2 unspecified atom stereocenters. The molecule has 0 saturated carbocycles. The van der Waals surface area contributed by atoms with E-state index in [1.165, 1.54) is 17.0 Å². The van der Waals surface area contributed by atoms with E-state index in [1.807, 2.05) is 0 Å². The Bertz CT molecular complexity index is 965. The predicted octanol–water partition coefficient (Wildman–Crippen LogP) is 0.597. The van der Waals surface area contributed by atoms with Crippen LogP contribution >= 0.6 is 0 Å². The van der Waals surface area contributed by atoms with E-state index in [1.54, 1.807) is 23.1 Å². The van der Waals surface area contributed by atoms with Gasteiger partial charge < -0.3 is 20.4 Å². The standard InChI is InChI=1S/C20H19N3O5/c24-14-3-1-13(2-4-14)22-6-5-10(18(22)25)7-11-8-12-9-21-15-16(12)23(19(15)26)17(11)20(27)28/h1-4,7,12,15-16,21,24H,5-6,8-9H2,(H,27,28)/t12?,15?,16-/m1/s1. The number of β-lactam (4-membered cyclic amide) rings is 1. The van der Waals surface area contributed by atoms with Gasteiger partial charge in [0.25, 0.3) is 5.91 Å². The van der Waals surface area contributed by atoms with Gasteiger partial charge in [0, 0.05) is 24.4 Å². The molecule has 144 valence electrons. The molecule has 28 heavy (non-hydrogen) atoms. The van der Waals surface area contributed by atoms with Gasteiger partial charge in [0.2, 0.25) is 5.91 Å². The number of carbonyl (C=O) groups excluding carboxylic acids is 2. The van der Waals surface area contributed by atoms with Crippen LogP contribution in [-0.4, -0.2) is 58.1 Å². The summed E-state index contributed by atoms with van der Waals surface area (Å²) in [4.78, 5) is 40.1. The highest BCUT2D eigenvalue weighted by Crippen LogP contribution is 2.44. The van der Waals surface area contributed by atoms with Crippen molar-refractivity contribution in [1.82, 2.24) is 10.2 Å². The number of hydrogen-bond donors (Lipinski definition) is 3. The van der Waals surface area contributed by atoms with Crippen molar-refractivity contribution >= 4 is 23.5 Å². The van der Waals surface area contributed by atoms with Crippen molar-refractivity contribution in [3.05, 3.63) is 47.2 Å². The Kier molecular flexibility index (Phi) is 3.60. The molecule has 0 radical (unpaired) electrons. The number of phenolic OH excluding ortho intramolecular Hbond substituents is 1. The van der Waals surface area contributed by atoms with Crippen molar-refractivity contribution in [2.75, 3.05) is 18.0 Å². The molecule has 5 rings (SSSR count). The molecule has 8 nitrogen and oxygen atoms in total. The van der Waals surface area contributed by atoms with Gasteiger partial charge in [-0.3, -0.25) is 14.5 Å². The quantitative estimate of drug-likeness (QED) is 0.522. The molecular formula is C20H19N3O5. The number of carboxylic acid groups (broad SMARTS) is 1. The second-order valence-corrected chi connectivity index (χ2v) is 7.62. The largest absolute Gasteiger partial charge is 0.508 e. The normalized spacial score (nSPS) is 30.1. The Labute approximate surface area is 160 Å². The summed E-state index contributed by atoms with van der Waals surface area (Å²) in [6.45, 7) is 1.16. The molecule has 3 N–H and O–H groups in total. The number of amides is 2. The van der Waals surface area contributed by atoms with E-state index in [-0.39, 0.29) is 41.3 Å². The number of allylic oxidation sites excluding steroid dienone is 2.